The van der Waals surface area contributed by atoms with Gasteiger partial charge >= 0.3 is 0 Å². The van der Waals surface area contributed by atoms with E-state index in [1.54, 1.807) is 31.4 Å². The summed E-state index contributed by atoms with van der Waals surface area (Å²) < 4.78 is 9.68. The molecule has 1 N–H and O–H groups in total. The minimum Gasteiger partial charge on any atom is -0.497 e. The van der Waals surface area contributed by atoms with Crippen molar-refractivity contribution >= 4 is 57.3 Å². The Hall–Kier alpha value is -2.95. The van der Waals surface area contributed by atoms with E-state index in [1.807, 2.05) is 41.8 Å². The number of rotatable bonds is 7. The van der Waals surface area contributed by atoms with Crippen molar-refractivity contribution < 1.29 is 9.53 Å². The number of ether oxygens (including phenoxy) is 1. The largest absolute Gasteiger partial charge is 0.497 e. The highest BCUT2D eigenvalue weighted by atomic mass is 32.2. The molecule has 7 nitrogen and oxygen atoms in total. The monoisotopic (exact) mass is 484 g/mol. The summed E-state index contributed by atoms with van der Waals surface area (Å²) >= 11 is 7.89. The quantitative estimate of drug-likeness (QED) is 0.232. The van der Waals surface area contributed by atoms with Crippen LogP contribution in [0, 0.1) is 3.95 Å². The highest BCUT2D eigenvalue weighted by Gasteiger charge is 2.18. The highest BCUT2D eigenvalue weighted by molar-refractivity contribution is 7.99. The first-order chi connectivity index (χ1) is 15.5. The lowest BCUT2D eigenvalue weighted by Gasteiger charge is -2.12. The van der Waals surface area contributed by atoms with Gasteiger partial charge in [-0.2, -0.15) is 0 Å². The summed E-state index contributed by atoms with van der Waals surface area (Å²) in [6.07, 6.45) is 0. The minimum absolute atomic E-state index is 0.0823. The molecule has 0 aliphatic rings. The number of aromatic nitrogens is 3. The van der Waals surface area contributed by atoms with Gasteiger partial charge in [-0.3, -0.25) is 14.2 Å². The third-order valence-electron chi connectivity index (χ3n) is 4.68. The lowest BCUT2D eigenvalue weighted by atomic mass is 10.3. The number of hydrogen-bond acceptors (Lipinski definition) is 7. The Morgan fingerprint density at radius 3 is 2.72 bits per heavy atom. The zero-order valence-electron chi connectivity index (χ0n) is 17.4. The zero-order chi connectivity index (χ0) is 22.7. The van der Waals surface area contributed by atoms with Crippen molar-refractivity contribution in [1.82, 2.24) is 14.1 Å². The van der Waals surface area contributed by atoms with Gasteiger partial charge in [-0.1, -0.05) is 47.4 Å². The molecule has 4 rings (SSSR count). The van der Waals surface area contributed by atoms with Gasteiger partial charge in [0.1, 0.15) is 10.4 Å². The second kappa shape index (κ2) is 9.68. The molecule has 0 radical (unpaired) electrons. The Labute approximate surface area is 197 Å². The number of para-hydroxylation sites is 1. The van der Waals surface area contributed by atoms with E-state index < -0.39 is 0 Å². The van der Waals surface area contributed by atoms with Crippen molar-refractivity contribution in [3.8, 4) is 11.4 Å². The lowest BCUT2D eigenvalue weighted by Crippen LogP contribution is -2.22. The van der Waals surface area contributed by atoms with E-state index in [-0.39, 0.29) is 17.2 Å². The lowest BCUT2D eigenvalue weighted by molar-refractivity contribution is -0.113. The average molecular weight is 485 g/mol. The Kier molecular flexibility index (Phi) is 6.73. The molecular formula is C22H20N4O3S3. The van der Waals surface area contributed by atoms with Crippen LogP contribution in [0.3, 0.4) is 0 Å². The highest BCUT2D eigenvalue weighted by Crippen LogP contribution is 2.25. The molecule has 0 fully saturated rings. The van der Waals surface area contributed by atoms with Crippen LogP contribution in [0.15, 0.2) is 64.5 Å². The summed E-state index contributed by atoms with van der Waals surface area (Å²) in [5.41, 5.74) is 1.68. The number of methoxy groups -OCH3 is 1. The van der Waals surface area contributed by atoms with Crippen molar-refractivity contribution in [3.63, 3.8) is 0 Å². The minimum atomic E-state index is -0.213. The fourth-order valence-electron chi connectivity index (χ4n) is 3.18. The first-order valence-corrected chi connectivity index (χ1v) is 12.0. The van der Waals surface area contributed by atoms with Gasteiger partial charge in [-0.15, -0.1) is 0 Å². The molecular weight excluding hydrogens is 464 g/mol. The van der Waals surface area contributed by atoms with Crippen molar-refractivity contribution in [2.45, 2.75) is 18.6 Å². The van der Waals surface area contributed by atoms with E-state index in [0.717, 1.165) is 0 Å². The standard InChI is InChI=1S/C22H20N4O3S3/c1-3-25-19-18(32-22(25)30)20(28)26(15-9-5-4-6-10-15)21(24-19)31-13-17(27)23-14-8-7-11-16(12-14)29-2/h4-12H,3,13H2,1-2H3,(H,23,27). The third-order valence-corrected chi connectivity index (χ3v) is 7.04. The number of carbonyl (C=O) groups excluding carboxylic acids is 1. The fourth-order valence-corrected chi connectivity index (χ4v) is 5.38. The predicted molar refractivity (Wildman–Crippen MR) is 132 cm³/mol. The Bertz CT molecular complexity index is 1390. The van der Waals surface area contributed by atoms with Crippen LogP contribution in [-0.4, -0.2) is 32.9 Å². The van der Waals surface area contributed by atoms with Crippen LogP contribution >= 0.6 is 35.3 Å². The van der Waals surface area contributed by atoms with Crippen molar-refractivity contribution in [1.29, 1.82) is 0 Å². The molecule has 0 saturated carbocycles. The van der Waals surface area contributed by atoms with Gasteiger partial charge < -0.3 is 14.6 Å². The van der Waals surface area contributed by atoms with Gasteiger partial charge in [0, 0.05) is 18.3 Å². The number of nitrogens with zero attached hydrogens (tertiary/aromatic N) is 3. The Morgan fingerprint density at radius 2 is 2.00 bits per heavy atom. The molecule has 0 unspecified atom stereocenters. The van der Waals surface area contributed by atoms with Crippen molar-refractivity contribution in [2.24, 2.45) is 0 Å². The first kappa shape index (κ1) is 22.3. The molecule has 32 heavy (non-hydrogen) atoms. The number of aryl methyl sites for hydroxylation is 1. The second-order valence-electron chi connectivity index (χ2n) is 6.70. The molecule has 2 aromatic heterocycles. The maximum Gasteiger partial charge on any atom is 0.278 e. The summed E-state index contributed by atoms with van der Waals surface area (Å²) in [4.78, 5) is 30.7. The molecule has 0 bridgehead atoms. The third kappa shape index (κ3) is 4.47. The molecule has 4 aromatic rings. The number of anilines is 1. The van der Waals surface area contributed by atoms with Crippen LogP contribution in [0.25, 0.3) is 16.0 Å². The number of fused-ring (bicyclic) bond motifs is 1. The molecule has 1 amide bonds. The van der Waals surface area contributed by atoms with Crippen LogP contribution in [0.2, 0.25) is 0 Å². The molecule has 2 aromatic carbocycles. The molecule has 0 atom stereocenters. The van der Waals surface area contributed by atoms with Gasteiger partial charge in [0.25, 0.3) is 5.56 Å². The van der Waals surface area contributed by atoms with Crippen LogP contribution < -0.4 is 15.6 Å². The number of benzene rings is 2. The number of hydrogen-bond donors (Lipinski definition) is 1. The topological polar surface area (TPSA) is 78.2 Å². The normalized spacial score (nSPS) is 10.9. The van der Waals surface area contributed by atoms with Gasteiger partial charge in [-0.05, 0) is 43.4 Å². The number of amides is 1. The SMILES string of the molecule is CCn1c(=S)sc2c(=O)n(-c3ccccc3)c(SCC(=O)Nc3cccc(OC)c3)nc21. The second-order valence-corrected chi connectivity index (χ2v) is 9.29. The Morgan fingerprint density at radius 1 is 1.22 bits per heavy atom. The van der Waals surface area contributed by atoms with Crippen molar-refractivity contribution in [2.75, 3.05) is 18.2 Å². The van der Waals surface area contributed by atoms with Crippen LogP contribution in [0.5, 0.6) is 5.75 Å². The summed E-state index contributed by atoms with van der Waals surface area (Å²) in [6.45, 7) is 2.57. The van der Waals surface area contributed by atoms with E-state index in [9.17, 15) is 9.59 Å². The van der Waals surface area contributed by atoms with Crippen molar-refractivity contribution in [3.05, 3.63) is 68.9 Å². The molecule has 0 saturated heterocycles. The van der Waals surface area contributed by atoms with E-state index in [0.29, 0.717) is 43.1 Å². The average Bonchev–Trinajstić information content (AvgIpc) is 3.13. The predicted octanol–water partition coefficient (Wildman–Crippen LogP) is 4.74. The van der Waals surface area contributed by atoms with Gasteiger partial charge in [0.15, 0.2) is 14.8 Å². The van der Waals surface area contributed by atoms with Crippen LogP contribution in [0.1, 0.15) is 6.92 Å². The van der Waals surface area contributed by atoms with Crippen LogP contribution in [0.4, 0.5) is 5.69 Å². The summed E-state index contributed by atoms with van der Waals surface area (Å²) in [6, 6.07) is 16.4. The molecule has 0 aliphatic carbocycles. The smallest absolute Gasteiger partial charge is 0.278 e. The number of thioether (sulfide) groups is 1. The molecule has 2 heterocycles. The summed E-state index contributed by atoms with van der Waals surface area (Å²) in [7, 11) is 1.57. The molecule has 10 heteroatoms. The molecule has 164 valence electrons. The van der Waals surface area contributed by atoms with E-state index in [2.05, 4.69) is 5.32 Å². The van der Waals surface area contributed by atoms with E-state index in [1.165, 1.54) is 27.7 Å². The summed E-state index contributed by atoms with van der Waals surface area (Å²) in [5.74, 6) is 0.524. The molecule has 0 spiro atoms. The zero-order valence-corrected chi connectivity index (χ0v) is 19.9. The fraction of sp³-hybridized carbons (Fsp3) is 0.182. The maximum atomic E-state index is 13.4. The maximum absolute atomic E-state index is 13.4. The Balaban J connectivity index is 1.69. The summed E-state index contributed by atoms with van der Waals surface area (Å²) in [5, 5.41) is 3.28. The number of carbonyl (C=O) groups is 1. The molecule has 0 aliphatic heterocycles. The number of thiazole rings is 1. The van der Waals surface area contributed by atoms with Gasteiger partial charge in [0.05, 0.1) is 18.6 Å². The van der Waals surface area contributed by atoms with E-state index >= 15 is 0 Å². The van der Waals surface area contributed by atoms with Crippen LogP contribution in [-0.2, 0) is 11.3 Å². The first-order valence-electron chi connectivity index (χ1n) is 9.80. The van der Waals surface area contributed by atoms with Gasteiger partial charge in [0.2, 0.25) is 5.91 Å². The van der Waals surface area contributed by atoms with Gasteiger partial charge in [-0.25, -0.2) is 4.98 Å². The van der Waals surface area contributed by atoms with E-state index in [4.69, 9.17) is 21.9 Å². The number of nitrogens with one attached hydrogen (secondary N) is 1.